The van der Waals surface area contributed by atoms with Crippen LogP contribution in [0.2, 0.25) is 0 Å². The van der Waals surface area contributed by atoms with Gasteiger partial charge in [-0.05, 0) is 16.2 Å². The van der Waals surface area contributed by atoms with Crippen LogP contribution in [0.5, 0.6) is 0 Å². The molecule has 0 unspecified atom stereocenters. The summed E-state index contributed by atoms with van der Waals surface area (Å²) in [5.41, 5.74) is 5.42. The van der Waals surface area contributed by atoms with Crippen LogP contribution in [0.25, 0.3) is 0 Å². The summed E-state index contributed by atoms with van der Waals surface area (Å²) in [7, 11) is 1.27. The summed E-state index contributed by atoms with van der Waals surface area (Å²) in [6.07, 6.45) is 1.79. The quantitative estimate of drug-likeness (QED) is 0.733. The monoisotopic (exact) mass is 284 g/mol. The van der Waals surface area contributed by atoms with Gasteiger partial charge in [-0.3, -0.25) is 9.59 Å². The van der Waals surface area contributed by atoms with Crippen molar-refractivity contribution in [3.05, 3.63) is 5.69 Å². The SMILES string of the molecule is CCC(CC)CN(CC(=O)OC)C(=O)c1nonc1N. The molecular weight excluding hydrogens is 264 g/mol. The van der Waals surface area contributed by atoms with Crippen molar-refractivity contribution in [3.8, 4) is 0 Å². The van der Waals surface area contributed by atoms with E-state index in [9.17, 15) is 9.59 Å². The van der Waals surface area contributed by atoms with Gasteiger partial charge in [-0.25, -0.2) is 4.63 Å². The van der Waals surface area contributed by atoms with Crippen LogP contribution in [-0.4, -0.2) is 47.3 Å². The summed E-state index contributed by atoms with van der Waals surface area (Å²) in [4.78, 5) is 25.1. The van der Waals surface area contributed by atoms with Crippen LogP contribution >= 0.6 is 0 Å². The van der Waals surface area contributed by atoms with E-state index >= 15 is 0 Å². The molecule has 8 nitrogen and oxygen atoms in total. The Morgan fingerprint density at radius 3 is 2.45 bits per heavy atom. The molecule has 0 aliphatic heterocycles. The zero-order valence-electron chi connectivity index (χ0n) is 12.0. The maximum atomic E-state index is 12.3. The normalized spacial score (nSPS) is 10.6. The van der Waals surface area contributed by atoms with Crippen molar-refractivity contribution in [2.24, 2.45) is 5.92 Å². The molecule has 112 valence electrons. The first-order chi connectivity index (χ1) is 9.53. The lowest BCUT2D eigenvalue weighted by Gasteiger charge is -2.24. The van der Waals surface area contributed by atoms with Gasteiger partial charge in [0, 0.05) is 6.54 Å². The van der Waals surface area contributed by atoms with Crippen LogP contribution in [0.1, 0.15) is 37.2 Å². The summed E-state index contributed by atoms with van der Waals surface area (Å²) in [5.74, 6) is -0.792. The molecule has 0 bridgehead atoms. The highest BCUT2D eigenvalue weighted by Crippen LogP contribution is 2.14. The Morgan fingerprint density at radius 1 is 1.35 bits per heavy atom. The summed E-state index contributed by atoms with van der Waals surface area (Å²) in [6, 6.07) is 0. The summed E-state index contributed by atoms with van der Waals surface area (Å²) in [5, 5.41) is 6.84. The molecule has 0 aromatic carbocycles. The highest BCUT2D eigenvalue weighted by molar-refractivity contribution is 5.97. The van der Waals surface area contributed by atoms with Crippen LogP contribution in [0.4, 0.5) is 5.82 Å². The third-order valence-electron chi connectivity index (χ3n) is 3.18. The van der Waals surface area contributed by atoms with Crippen LogP contribution < -0.4 is 5.73 Å². The van der Waals surface area contributed by atoms with Gasteiger partial charge in [0.25, 0.3) is 5.91 Å². The van der Waals surface area contributed by atoms with E-state index < -0.39 is 11.9 Å². The fraction of sp³-hybridized carbons (Fsp3) is 0.667. The first-order valence-corrected chi connectivity index (χ1v) is 6.47. The van der Waals surface area contributed by atoms with Crippen molar-refractivity contribution >= 4 is 17.7 Å². The molecule has 0 aliphatic carbocycles. The number of nitrogens with two attached hydrogens (primary N) is 1. The highest BCUT2D eigenvalue weighted by Gasteiger charge is 2.26. The van der Waals surface area contributed by atoms with Gasteiger partial charge in [-0.2, -0.15) is 0 Å². The largest absolute Gasteiger partial charge is 0.468 e. The van der Waals surface area contributed by atoms with E-state index in [4.69, 9.17) is 5.73 Å². The summed E-state index contributed by atoms with van der Waals surface area (Å²) >= 11 is 0. The lowest BCUT2D eigenvalue weighted by molar-refractivity contribution is -0.141. The van der Waals surface area contributed by atoms with Gasteiger partial charge in [-0.15, -0.1) is 0 Å². The van der Waals surface area contributed by atoms with Crippen LogP contribution in [0.15, 0.2) is 4.63 Å². The summed E-state index contributed by atoms with van der Waals surface area (Å²) in [6.45, 7) is 4.33. The Balaban J connectivity index is 2.89. The van der Waals surface area contributed by atoms with Gasteiger partial charge in [0.15, 0.2) is 0 Å². The van der Waals surface area contributed by atoms with Gasteiger partial charge >= 0.3 is 5.97 Å². The highest BCUT2D eigenvalue weighted by atomic mass is 16.6. The van der Waals surface area contributed by atoms with E-state index in [1.807, 2.05) is 13.8 Å². The number of carbonyl (C=O) groups excluding carboxylic acids is 2. The van der Waals surface area contributed by atoms with Crippen LogP contribution in [-0.2, 0) is 9.53 Å². The number of hydrogen-bond acceptors (Lipinski definition) is 7. The molecule has 0 saturated carbocycles. The van der Waals surface area contributed by atoms with E-state index in [1.54, 1.807) is 0 Å². The van der Waals surface area contributed by atoms with Crippen molar-refractivity contribution in [2.45, 2.75) is 26.7 Å². The molecule has 1 amide bonds. The van der Waals surface area contributed by atoms with E-state index in [1.165, 1.54) is 12.0 Å². The topological polar surface area (TPSA) is 112 Å². The van der Waals surface area contributed by atoms with Gasteiger partial charge in [0.2, 0.25) is 11.5 Å². The molecule has 0 saturated heterocycles. The second-order valence-corrected chi connectivity index (χ2v) is 4.44. The Bertz CT molecular complexity index is 456. The average Bonchev–Trinajstić information content (AvgIpc) is 2.88. The molecule has 0 fully saturated rings. The van der Waals surface area contributed by atoms with Crippen LogP contribution in [0.3, 0.4) is 0 Å². The number of amides is 1. The van der Waals surface area contributed by atoms with Crippen molar-refractivity contribution in [3.63, 3.8) is 0 Å². The van der Waals surface area contributed by atoms with Crippen molar-refractivity contribution < 1.29 is 19.0 Å². The molecule has 0 radical (unpaired) electrons. The molecule has 8 heteroatoms. The molecule has 0 spiro atoms. The minimum Gasteiger partial charge on any atom is -0.468 e. The number of anilines is 1. The maximum Gasteiger partial charge on any atom is 0.325 e. The standard InChI is InChI=1S/C12H20N4O4/c1-4-8(5-2)6-16(7-9(17)19-3)12(18)10-11(13)15-20-14-10/h8H,4-7H2,1-3H3,(H2,13,15). The van der Waals surface area contributed by atoms with Gasteiger partial charge < -0.3 is 15.4 Å². The third-order valence-corrected chi connectivity index (χ3v) is 3.18. The molecule has 1 heterocycles. The number of hydrogen-bond donors (Lipinski definition) is 1. The second kappa shape index (κ2) is 7.46. The number of esters is 1. The zero-order chi connectivity index (χ0) is 15.1. The number of ether oxygens (including phenoxy) is 1. The fourth-order valence-corrected chi connectivity index (χ4v) is 1.79. The average molecular weight is 284 g/mol. The third kappa shape index (κ3) is 3.94. The Kier molecular flexibility index (Phi) is 5.95. The number of carbonyl (C=O) groups is 2. The van der Waals surface area contributed by atoms with E-state index in [0.717, 1.165) is 12.8 Å². The molecule has 2 N–H and O–H groups in total. The number of nitrogens with zero attached hydrogens (tertiary/aromatic N) is 3. The van der Waals surface area contributed by atoms with Crippen LogP contribution in [0, 0.1) is 5.92 Å². The first-order valence-electron chi connectivity index (χ1n) is 6.47. The molecule has 20 heavy (non-hydrogen) atoms. The maximum absolute atomic E-state index is 12.3. The lowest BCUT2D eigenvalue weighted by Crippen LogP contribution is -2.40. The number of methoxy groups -OCH3 is 1. The minimum atomic E-state index is -0.501. The molecule has 0 aliphatic rings. The Labute approximate surface area is 117 Å². The van der Waals surface area contributed by atoms with Crippen molar-refractivity contribution in [1.29, 1.82) is 0 Å². The minimum absolute atomic E-state index is 0.0835. The van der Waals surface area contributed by atoms with E-state index in [2.05, 4.69) is 19.7 Å². The zero-order valence-corrected chi connectivity index (χ0v) is 12.0. The van der Waals surface area contributed by atoms with Gasteiger partial charge in [-0.1, -0.05) is 26.7 Å². The molecule has 1 aromatic heterocycles. The number of aromatic nitrogens is 2. The molecule has 0 atom stereocenters. The Morgan fingerprint density at radius 2 is 2.00 bits per heavy atom. The summed E-state index contributed by atoms with van der Waals surface area (Å²) < 4.78 is 9.02. The van der Waals surface area contributed by atoms with Crippen molar-refractivity contribution in [2.75, 3.05) is 25.9 Å². The fourth-order valence-electron chi connectivity index (χ4n) is 1.79. The van der Waals surface area contributed by atoms with Gasteiger partial charge in [0.1, 0.15) is 6.54 Å². The lowest BCUT2D eigenvalue weighted by atomic mass is 10.0. The second-order valence-electron chi connectivity index (χ2n) is 4.44. The predicted octanol–water partition coefficient (Wildman–Crippen LogP) is 0.703. The number of rotatable bonds is 7. The van der Waals surface area contributed by atoms with E-state index in [-0.39, 0.29) is 24.0 Å². The smallest absolute Gasteiger partial charge is 0.325 e. The predicted molar refractivity (Wildman–Crippen MR) is 70.7 cm³/mol. The number of nitrogen functional groups attached to an aromatic ring is 1. The van der Waals surface area contributed by atoms with Crippen molar-refractivity contribution in [1.82, 2.24) is 15.2 Å². The van der Waals surface area contributed by atoms with Gasteiger partial charge in [0.05, 0.1) is 7.11 Å². The molecular formula is C12H20N4O4. The molecule has 1 aromatic rings. The first kappa shape index (κ1) is 15.9. The molecule has 1 rings (SSSR count). The Hall–Kier alpha value is -2.12. The van der Waals surface area contributed by atoms with E-state index in [0.29, 0.717) is 6.54 Å².